The lowest BCUT2D eigenvalue weighted by Gasteiger charge is -2.37. The molecule has 0 spiro atoms. The average Bonchev–Trinajstić information content (AvgIpc) is 3.22. The summed E-state index contributed by atoms with van der Waals surface area (Å²) in [5, 5.41) is 1.75. The molecular formula is C20H29N5O3. The van der Waals surface area contributed by atoms with Gasteiger partial charge in [0.15, 0.2) is 0 Å². The quantitative estimate of drug-likeness (QED) is 0.726. The number of aromatic nitrogens is 4. The van der Waals surface area contributed by atoms with Crippen LogP contribution in [0.2, 0.25) is 0 Å². The normalized spacial score (nSPS) is 20.1. The van der Waals surface area contributed by atoms with Crippen molar-refractivity contribution in [2.45, 2.75) is 64.2 Å². The maximum Gasteiger partial charge on any atom is 0.291 e. The monoisotopic (exact) mass is 387 g/mol. The van der Waals surface area contributed by atoms with Crippen LogP contribution < -0.4 is 5.01 Å². The lowest BCUT2D eigenvalue weighted by molar-refractivity contribution is -0.0832. The minimum absolute atomic E-state index is 0.0623. The van der Waals surface area contributed by atoms with Gasteiger partial charge in [-0.1, -0.05) is 0 Å². The third-order valence-electron chi connectivity index (χ3n) is 5.18. The molecule has 8 heteroatoms. The second kappa shape index (κ2) is 8.79. The van der Waals surface area contributed by atoms with E-state index in [1.807, 2.05) is 20.8 Å². The first-order valence-electron chi connectivity index (χ1n) is 9.67. The van der Waals surface area contributed by atoms with Gasteiger partial charge >= 0.3 is 0 Å². The van der Waals surface area contributed by atoms with Crippen LogP contribution in [0.1, 0.15) is 55.7 Å². The molecule has 0 bridgehead atoms. The molecule has 1 aliphatic carbocycles. The molecular weight excluding hydrogens is 358 g/mol. The molecule has 0 atom stereocenters. The molecule has 1 amide bonds. The van der Waals surface area contributed by atoms with Crippen LogP contribution in [0.4, 0.5) is 0 Å². The average molecular weight is 387 g/mol. The molecule has 2 aromatic rings. The first-order valence-corrected chi connectivity index (χ1v) is 9.67. The second-order valence-electron chi connectivity index (χ2n) is 7.84. The zero-order valence-electron chi connectivity index (χ0n) is 17.0. The topological polar surface area (TPSA) is 82.4 Å². The van der Waals surface area contributed by atoms with Crippen molar-refractivity contribution in [3.8, 4) is 0 Å². The summed E-state index contributed by atoms with van der Waals surface area (Å²) in [6, 6.07) is 1.78. The Morgan fingerprint density at radius 1 is 1.29 bits per heavy atom. The molecule has 2 heterocycles. The van der Waals surface area contributed by atoms with Gasteiger partial charge < -0.3 is 9.47 Å². The van der Waals surface area contributed by atoms with E-state index in [2.05, 4.69) is 15.0 Å². The van der Waals surface area contributed by atoms with Crippen LogP contribution in [-0.2, 0) is 9.47 Å². The van der Waals surface area contributed by atoms with Gasteiger partial charge in [0.2, 0.25) is 0 Å². The van der Waals surface area contributed by atoms with Gasteiger partial charge in [0, 0.05) is 25.2 Å². The van der Waals surface area contributed by atoms with E-state index in [9.17, 15) is 4.79 Å². The minimum Gasteiger partial charge on any atom is -0.376 e. The van der Waals surface area contributed by atoms with Gasteiger partial charge in [-0.05, 0) is 52.5 Å². The molecule has 3 rings (SSSR count). The fourth-order valence-electron chi connectivity index (χ4n) is 3.36. The van der Waals surface area contributed by atoms with E-state index >= 15 is 0 Å². The smallest absolute Gasteiger partial charge is 0.291 e. The SMILES string of the molecule is COC(C)(C)COC1CCC(N(C(=O)c2cc(C)ncn2)n2ccnc2)CC1. The Morgan fingerprint density at radius 2 is 2.04 bits per heavy atom. The number of carbonyl (C=O) groups excluding carboxylic acids is 1. The van der Waals surface area contributed by atoms with E-state index in [-0.39, 0.29) is 23.7 Å². The molecule has 8 nitrogen and oxygen atoms in total. The number of carbonyl (C=O) groups is 1. The van der Waals surface area contributed by atoms with E-state index in [0.29, 0.717) is 12.3 Å². The lowest BCUT2D eigenvalue weighted by Crippen LogP contribution is -2.50. The van der Waals surface area contributed by atoms with Gasteiger partial charge in [0.1, 0.15) is 18.3 Å². The Hall–Kier alpha value is -2.32. The number of methoxy groups -OCH3 is 1. The van der Waals surface area contributed by atoms with Crippen molar-refractivity contribution in [1.29, 1.82) is 0 Å². The van der Waals surface area contributed by atoms with Crippen LogP contribution in [0.25, 0.3) is 0 Å². The molecule has 2 aromatic heterocycles. The Labute approximate surface area is 165 Å². The van der Waals surface area contributed by atoms with Crippen molar-refractivity contribution in [3.05, 3.63) is 42.5 Å². The maximum absolute atomic E-state index is 13.2. The zero-order chi connectivity index (χ0) is 20.1. The van der Waals surface area contributed by atoms with Crippen molar-refractivity contribution < 1.29 is 14.3 Å². The van der Waals surface area contributed by atoms with Crippen molar-refractivity contribution in [3.63, 3.8) is 0 Å². The third kappa shape index (κ3) is 4.94. The number of aryl methyl sites for hydroxylation is 1. The van der Waals surface area contributed by atoms with Crippen LogP contribution in [0, 0.1) is 6.92 Å². The summed E-state index contributed by atoms with van der Waals surface area (Å²) in [7, 11) is 1.70. The Balaban J connectivity index is 1.69. The third-order valence-corrected chi connectivity index (χ3v) is 5.18. The number of imidazole rings is 1. The number of rotatable bonds is 7. The van der Waals surface area contributed by atoms with Gasteiger partial charge in [-0.2, -0.15) is 0 Å². The molecule has 28 heavy (non-hydrogen) atoms. The summed E-state index contributed by atoms with van der Waals surface area (Å²) in [5.74, 6) is -0.145. The molecule has 0 radical (unpaired) electrons. The van der Waals surface area contributed by atoms with Crippen molar-refractivity contribution >= 4 is 5.91 Å². The molecule has 1 aliphatic rings. The zero-order valence-corrected chi connectivity index (χ0v) is 17.0. The van der Waals surface area contributed by atoms with Crippen molar-refractivity contribution in [1.82, 2.24) is 19.6 Å². The standard InChI is InChI=1S/C20H29N5O3/c1-15-11-18(23-13-22-15)19(26)25(24-10-9-21-14-24)16-5-7-17(8-6-16)28-12-20(2,3)27-4/h9-11,13-14,16-17H,5-8,12H2,1-4H3. The van der Waals surface area contributed by atoms with Crippen LogP contribution in [0.5, 0.6) is 0 Å². The minimum atomic E-state index is -0.291. The number of hydrogen-bond acceptors (Lipinski definition) is 6. The number of hydrogen-bond donors (Lipinski definition) is 0. The highest BCUT2D eigenvalue weighted by molar-refractivity contribution is 6.00. The van der Waals surface area contributed by atoms with Gasteiger partial charge in [-0.3, -0.25) is 4.79 Å². The molecule has 1 fully saturated rings. The van der Waals surface area contributed by atoms with E-state index < -0.39 is 0 Å². The number of nitrogens with zero attached hydrogens (tertiary/aromatic N) is 5. The molecule has 1 saturated carbocycles. The largest absolute Gasteiger partial charge is 0.376 e. The summed E-state index contributed by atoms with van der Waals surface area (Å²) < 4.78 is 13.2. The molecule has 0 saturated heterocycles. The lowest BCUT2D eigenvalue weighted by atomic mass is 9.92. The first-order chi connectivity index (χ1) is 13.4. The second-order valence-corrected chi connectivity index (χ2v) is 7.84. The van der Waals surface area contributed by atoms with Crippen molar-refractivity contribution in [2.75, 3.05) is 18.7 Å². The molecule has 152 valence electrons. The Morgan fingerprint density at radius 3 is 2.64 bits per heavy atom. The van der Waals surface area contributed by atoms with E-state index in [1.54, 1.807) is 41.6 Å². The predicted octanol–water partition coefficient (Wildman–Crippen LogP) is 2.51. The maximum atomic E-state index is 13.2. The first kappa shape index (κ1) is 20.4. The van der Waals surface area contributed by atoms with Crippen molar-refractivity contribution in [2.24, 2.45) is 0 Å². The molecule has 0 aliphatic heterocycles. The Kier molecular flexibility index (Phi) is 6.41. The van der Waals surface area contributed by atoms with Gasteiger partial charge in [0.05, 0.1) is 24.4 Å². The van der Waals surface area contributed by atoms with Crippen LogP contribution in [0.3, 0.4) is 0 Å². The highest BCUT2D eigenvalue weighted by atomic mass is 16.5. The van der Waals surface area contributed by atoms with Gasteiger partial charge in [-0.15, -0.1) is 0 Å². The van der Waals surface area contributed by atoms with Gasteiger partial charge in [0.25, 0.3) is 5.91 Å². The van der Waals surface area contributed by atoms with E-state index in [0.717, 1.165) is 31.4 Å². The molecule has 0 unspecified atom stereocenters. The highest BCUT2D eigenvalue weighted by Crippen LogP contribution is 2.26. The fourth-order valence-corrected chi connectivity index (χ4v) is 3.36. The van der Waals surface area contributed by atoms with Crippen LogP contribution in [0.15, 0.2) is 31.1 Å². The molecule has 0 aromatic carbocycles. The van der Waals surface area contributed by atoms with E-state index in [1.165, 1.54) is 6.33 Å². The predicted molar refractivity (Wildman–Crippen MR) is 105 cm³/mol. The van der Waals surface area contributed by atoms with E-state index in [4.69, 9.17) is 9.47 Å². The van der Waals surface area contributed by atoms with Crippen LogP contribution >= 0.6 is 0 Å². The Bertz CT molecular complexity index is 770. The highest BCUT2D eigenvalue weighted by Gasteiger charge is 2.32. The summed E-state index contributed by atoms with van der Waals surface area (Å²) in [6.45, 7) is 6.44. The summed E-state index contributed by atoms with van der Waals surface area (Å²) in [6.07, 6.45) is 10.2. The summed E-state index contributed by atoms with van der Waals surface area (Å²) in [4.78, 5) is 25.6. The van der Waals surface area contributed by atoms with Crippen LogP contribution in [-0.4, -0.2) is 57.0 Å². The van der Waals surface area contributed by atoms with Gasteiger partial charge in [-0.25, -0.2) is 24.6 Å². The fraction of sp³-hybridized carbons (Fsp3) is 0.600. The number of amides is 1. The molecule has 0 N–H and O–H groups in total. The number of ether oxygens (including phenoxy) is 2. The summed E-state index contributed by atoms with van der Waals surface area (Å²) in [5.41, 5.74) is 0.865. The summed E-state index contributed by atoms with van der Waals surface area (Å²) >= 11 is 0.